The van der Waals surface area contributed by atoms with Crippen LogP contribution in [0.3, 0.4) is 0 Å². The molecule has 1 aliphatic heterocycles. The minimum absolute atomic E-state index is 0.368. The van der Waals surface area contributed by atoms with Gasteiger partial charge in [-0.3, -0.25) is 0 Å². The fourth-order valence-corrected chi connectivity index (χ4v) is 4.07. The Morgan fingerprint density at radius 1 is 1.40 bits per heavy atom. The molecular formula is C17H26N2O. The number of hydrogen-bond acceptors (Lipinski definition) is 3. The molecule has 1 aromatic carbocycles. The van der Waals surface area contributed by atoms with Crippen molar-refractivity contribution in [2.24, 2.45) is 11.7 Å². The van der Waals surface area contributed by atoms with Gasteiger partial charge in [-0.1, -0.05) is 24.6 Å². The quantitative estimate of drug-likeness (QED) is 0.886. The van der Waals surface area contributed by atoms with Crippen LogP contribution in [-0.2, 0) is 6.42 Å². The maximum absolute atomic E-state index is 10.6. The van der Waals surface area contributed by atoms with Gasteiger partial charge in [0.1, 0.15) is 0 Å². The highest BCUT2D eigenvalue weighted by Gasteiger charge is 2.40. The Labute approximate surface area is 121 Å². The van der Waals surface area contributed by atoms with Crippen LogP contribution >= 0.6 is 0 Å². The summed E-state index contributed by atoms with van der Waals surface area (Å²) in [5, 5.41) is 10.6. The van der Waals surface area contributed by atoms with Gasteiger partial charge >= 0.3 is 0 Å². The number of nitrogens with two attached hydrogens (primary N) is 1. The van der Waals surface area contributed by atoms with E-state index in [1.807, 2.05) is 0 Å². The van der Waals surface area contributed by atoms with Crippen LogP contribution in [0.1, 0.15) is 38.2 Å². The van der Waals surface area contributed by atoms with Crippen LogP contribution < -0.4 is 10.6 Å². The summed E-state index contributed by atoms with van der Waals surface area (Å²) in [7, 11) is 0. The third-order valence-corrected chi connectivity index (χ3v) is 5.34. The second-order valence-electron chi connectivity index (χ2n) is 6.56. The van der Waals surface area contributed by atoms with Gasteiger partial charge < -0.3 is 15.7 Å². The molecule has 3 nitrogen and oxygen atoms in total. The number of aliphatic hydroxyl groups is 1. The summed E-state index contributed by atoms with van der Waals surface area (Å²) < 4.78 is 0. The van der Waals surface area contributed by atoms with Gasteiger partial charge in [-0.05, 0) is 50.2 Å². The van der Waals surface area contributed by atoms with E-state index < -0.39 is 5.60 Å². The first-order valence-corrected chi connectivity index (χ1v) is 7.91. The monoisotopic (exact) mass is 274 g/mol. The number of fused-ring (bicyclic) bond motifs is 1. The standard InChI is InChI=1S/C17H26N2O/c1-13-11-14-5-2-3-7-16(14)19(13)10-8-15-6-4-9-17(15,20)12-18/h2-3,5,7,13,15,20H,4,6,8-12,18H2,1H3. The van der Waals surface area contributed by atoms with E-state index in [9.17, 15) is 5.11 Å². The predicted molar refractivity (Wildman–Crippen MR) is 82.9 cm³/mol. The zero-order chi connectivity index (χ0) is 14.2. The van der Waals surface area contributed by atoms with Crippen LogP contribution in [0.25, 0.3) is 0 Å². The first-order chi connectivity index (χ1) is 9.64. The maximum atomic E-state index is 10.6. The zero-order valence-corrected chi connectivity index (χ0v) is 12.4. The molecule has 0 radical (unpaired) electrons. The minimum Gasteiger partial charge on any atom is -0.388 e. The van der Waals surface area contributed by atoms with E-state index in [4.69, 9.17) is 5.73 Å². The molecule has 0 spiro atoms. The van der Waals surface area contributed by atoms with Crippen molar-refractivity contribution in [3.05, 3.63) is 29.8 Å². The average molecular weight is 274 g/mol. The summed E-state index contributed by atoms with van der Waals surface area (Å²) >= 11 is 0. The van der Waals surface area contributed by atoms with Crippen molar-refractivity contribution in [2.45, 2.75) is 50.7 Å². The number of benzene rings is 1. The third-order valence-electron chi connectivity index (χ3n) is 5.34. The molecule has 0 bridgehead atoms. The predicted octanol–water partition coefficient (Wildman–Crippen LogP) is 2.32. The van der Waals surface area contributed by atoms with Gasteiger partial charge in [-0.2, -0.15) is 0 Å². The Balaban J connectivity index is 1.67. The molecule has 0 saturated heterocycles. The smallest absolute Gasteiger partial charge is 0.0798 e. The summed E-state index contributed by atoms with van der Waals surface area (Å²) in [5.41, 5.74) is 8.02. The second kappa shape index (κ2) is 5.38. The Morgan fingerprint density at radius 2 is 2.20 bits per heavy atom. The largest absolute Gasteiger partial charge is 0.388 e. The van der Waals surface area contributed by atoms with E-state index in [0.29, 0.717) is 18.5 Å². The Kier molecular flexibility index (Phi) is 3.74. The first-order valence-electron chi connectivity index (χ1n) is 7.91. The first kappa shape index (κ1) is 13.9. The lowest BCUT2D eigenvalue weighted by atomic mass is 9.88. The molecule has 20 heavy (non-hydrogen) atoms. The summed E-state index contributed by atoms with van der Waals surface area (Å²) in [4.78, 5) is 2.50. The van der Waals surface area contributed by atoms with Crippen molar-refractivity contribution in [1.82, 2.24) is 0 Å². The van der Waals surface area contributed by atoms with Gasteiger partial charge in [0, 0.05) is 24.8 Å². The molecule has 1 aliphatic carbocycles. The van der Waals surface area contributed by atoms with Crippen molar-refractivity contribution in [3.8, 4) is 0 Å². The number of para-hydroxylation sites is 1. The van der Waals surface area contributed by atoms with Crippen molar-refractivity contribution >= 4 is 5.69 Å². The van der Waals surface area contributed by atoms with Crippen LogP contribution in [0.2, 0.25) is 0 Å². The van der Waals surface area contributed by atoms with Gasteiger partial charge in [0.15, 0.2) is 0 Å². The summed E-state index contributed by atoms with van der Waals surface area (Å²) in [6, 6.07) is 9.27. The lowest BCUT2D eigenvalue weighted by Gasteiger charge is -2.32. The van der Waals surface area contributed by atoms with Crippen molar-refractivity contribution < 1.29 is 5.11 Å². The van der Waals surface area contributed by atoms with Crippen LogP contribution in [0.15, 0.2) is 24.3 Å². The van der Waals surface area contributed by atoms with Gasteiger partial charge in [-0.15, -0.1) is 0 Å². The highest BCUT2D eigenvalue weighted by atomic mass is 16.3. The van der Waals surface area contributed by atoms with E-state index >= 15 is 0 Å². The Hall–Kier alpha value is -1.06. The molecule has 3 rings (SSSR count). The lowest BCUT2D eigenvalue weighted by Crippen LogP contribution is -2.43. The maximum Gasteiger partial charge on any atom is 0.0798 e. The Morgan fingerprint density at radius 3 is 3.00 bits per heavy atom. The van der Waals surface area contributed by atoms with Gasteiger partial charge in [0.25, 0.3) is 0 Å². The fourth-order valence-electron chi connectivity index (χ4n) is 4.07. The molecule has 3 atom stereocenters. The molecule has 1 saturated carbocycles. The molecule has 2 aliphatic rings. The lowest BCUT2D eigenvalue weighted by molar-refractivity contribution is 0.00878. The number of rotatable bonds is 4. The highest BCUT2D eigenvalue weighted by molar-refractivity contribution is 5.59. The number of nitrogens with zero attached hydrogens (tertiary/aromatic N) is 1. The minimum atomic E-state index is -0.609. The van der Waals surface area contributed by atoms with E-state index in [0.717, 1.165) is 38.6 Å². The molecule has 0 amide bonds. The highest BCUT2D eigenvalue weighted by Crippen LogP contribution is 2.39. The zero-order valence-electron chi connectivity index (χ0n) is 12.4. The fraction of sp³-hybridized carbons (Fsp3) is 0.647. The van der Waals surface area contributed by atoms with Crippen LogP contribution in [0.4, 0.5) is 5.69 Å². The van der Waals surface area contributed by atoms with Gasteiger partial charge in [0.05, 0.1) is 5.60 Å². The van der Waals surface area contributed by atoms with Crippen molar-refractivity contribution in [3.63, 3.8) is 0 Å². The molecule has 1 heterocycles. The topological polar surface area (TPSA) is 49.5 Å². The van der Waals surface area contributed by atoms with Gasteiger partial charge in [0.2, 0.25) is 0 Å². The summed E-state index contributed by atoms with van der Waals surface area (Å²) in [6.07, 6.45) is 5.30. The van der Waals surface area contributed by atoms with Crippen LogP contribution in [0, 0.1) is 5.92 Å². The normalized spacial score (nSPS) is 32.6. The van der Waals surface area contributed by atoms with Crippen molar-refractivity contribution in [2.75, 3.05) is 18.0 Å². The molecule has 1 fully saturated rings. The van der Waals surface area contributed by atoms with E-state index in [1.54, 1.807) is 0 Å². The SMILES string of the molecule is CC1Cc2ccccc2N1CCC1CCCC1(O)CN. The van der Waals surface area contributed by atoms with Crippen molar-refractivity contribution in [1.29, 1.82) is 0 Å². The summed E-state index contributed by atoms with van der Waals surface area (Å²) in [5.74, 6) is 0.368. The average Bonchev–Trinajstić information content (AvgIpc) is 2.97. The number of hydrogen-bond donors (Lipinski definition) is 2. The second-order valence-corrected chi connectivity index (χ2v) is 6.56. The summed E-state index contributed by atoms with van der Waals surface area (Å²) in [6.45, 7) is 3.73. The molecule has 1 aromatic rings. The van der Waals surface area contributed by atoms with E-state index in [-0.39, 0.29) is 0 Å². The molecule has 110 valence electrons. The third kappa shape index (κ3) is 2.33. The van der Waals surface area contributed by atoms with Crippen LogP contribution in [0.5, 0.6) is 0 Å². The molecule has 3 N–H and O–H groups in total. The molecule has 3 unspecified atom stereocenters. The molecule has 3 heteroatoms. The van der Waals surface area contributed by atoms with Crippen LogP contribution in [-0.4, -0.2) is 29.8 Å². The Bertz CT molecular complexity index is 476. The molecule has 0 aromatic heterocycles. The molecular weight excluding hydrogens is 248 g/mol. The van der Waals surface area contributed by atoms with E-state index in [1.165, 1.54) is 11.3 Å². The van der Waals surface area contributed by atoms with E-state index in [2.05, 4.69) is 36.1 Å². The van der Waals surface area contributed by atoms with Gasteiger partial charge in [-0.25, -0.2) is 0 Å². The number of anilines is 1.